The molecule has 4 rings (SSSR count). The number of carbonyl (C=O) groups excluding carboxylic acids is 3. The van der Waals surface area contributed by atoms with E-state index >= 15 is 0 Å². The van der Waals surface area contributed by atoms with Crippen LogP contribution in [0.4, 0.5) is 15.8 Å². The molecule has 2 aromatic rings. The Morgan fingerprint density at radius 1 is 1.26 bits per heavy atom. The molecular weight excluding hydrogens is 509 g/mol. The van der Waals surface area contributed by atoms with Crippen molar-refractivity contribution < 1.29 is 28.6 Å². The van der Waals surface area contributed by atoms with E-state index in [1.54, 1.807) is 12.1 Å². The number of nitrogens with one attached hydrogen (secondary N) is 2. The van der Waals surface area contributed by atoms with Crippen molar-refractivity contribution in [2.24, 2.45) is 5.73 Å². The SMILES string of the molecule is CNC(=O)c1cnc(/C(=C\N)C(=O)Nc2cc3c(cc2N2CCOCC2)C(=O)N(C[C@@H](F)C(C)(C)O)C3)nc1. The fourth-order valence-corrected chi connectivity index (χ4v) is 4.31. The lowest BCUT2D eigenvalue weighted by Gasteiger charge is -2.31. The number of benzene rings is 1. The van der Waals surface area contributed by atoms with E-state index < -0.39 is 17.7 Å². The second-order valence-electron chi connectivity index (χ2n) is 9.84. The molecule has 0 bridgehead atoms. The van der Waals surface area contributed by atoms with Crippen LogP contribution in [0.2, 0.25) is 0 Å². The molecule has 0 aliphatic carbocycles. The minimum Gasteiger partial charge on any atom is -0.404 e. The van der Waals surface area contributed by atoms with Crippen molar-refractivity contribution in [3.8, 4) is 0 Å². The highest BCUT2D eigenvalue weighted by Gasteiger charge is 2.36. The summed E-state index contributed by atoms with van der Waals surface area (Å²) in [5.41, 5.74) is 6.41. The highest BCUT2D eigenvalue weighted by Crippen LogP contribution is 2.36. The maximum absolute atomic E-state index is 14.6. The van der Waals surface area contributed by atoms with Crippen LogP contribution >= 0.6 is 0 Å². The first-order valence-corrected chi connectivity index (χ1v) is 12.5. The zero-order valence-electron chi connectivity index (χ0n) is 22.0. The van der Waals surface area contributed by atoms with Crippen molar-refractivity contribution in [3.63, 3.8) is 0 Å². The first-order chi connectivity index (χ1) is 18.5. The maximum atomic E-state index is 14.6. The standard InChI is InChI=1S/C26H32FN7O5/c1-26(2,38)21(27)14-34-13-15-8-19(20(9-17(15)25(34)37)33-4-6-39-7-5-33)32-24(36)18(10-28)22-30-11-16(12-31-22)23(35)29-3/h8-12,21,38H,4-7,13-14,28H2,1-3H3,(H,29,35)(H,32,36)/b18-10+/t21-/m1/s1. The summed E-state index contributed by atoms with van der Waals surface area (Å²) in [6.07, 6.45) is 2.02. The van der Waals surface area contributed by atoms with Gasteiger partial charge in [-0.15, -0.1) is 0 Å². The zero-order chi connectivity index (χ0) is 28.3. The maximum Gasteiger partial charge on any atom is 0.261 e. The predicted molar refractivity (Wildman–Crippen MR) is 142 cm³/mol. The molecule has 2 aliphatic heterocycles. The number of aromatic nitrogens is 2. The molecule has 5 N–H and O–H groups in total. The van der Waals surface area contributed by atoms with Gasteiger partial charge in [-0.25, -0.2) is 14.4 Å². The van der Waals surface area contributed by atoms with Crippen LogP contribution in [-0.2, 0) is 16.1 Å². The van der Waals surface area contributed by atoms with Gasteiger partial charge >= 0.3 is 0 Å². The number of halogens is 1. The molecule has 1 aromatic heterocycles. The van der Waals surface area contributed by atoms with Crippen LogP contribution in [0.15, 0.2) is 30.7 Å². The molecule has 0 unspecified atom stereocenters. The highest BCUT2D eigenvalue weighted by atomic mass is 19.1. The van der Waals surface area contributed by atoms with Crippen LogP contribution < -0.4 is 21.3 Å². The molecule has 2 aliphatic rings. The largest absolute Gasteiger partial charge is 0.404 e. The number of nitrogens with zero attached hydrogens (tertiary/aromatic N) is 4. The Bertz CT molecular complexity index is 1290. The normalized spacial score (nSPS) is 16.6. The van der Waals surface area contributed by atoms with Crippen molar-refractivity contribution in [2.75, 3.05) is 50.1 Å². The molecule has 1 fully saturated rings. The fourth-order valence-electron chi connectivity index (χ4n) is 4.31. The Morgan fingerprint density at radius 3 is 2.51 bits per heavy atom. The van der Waals surface area contributed by atoms with Gasteiger partial charge in [0.1, 0.15) is 6.17 Å². The Kier molecular flexibility index (Phi) is 8.11. The average Bonchev–Trinajstić information content (AvgIpc) is 3.22. The van der Waals surface area contributed by atoms with Crippen LogP contribution in [0.5, 0.6) is 0 Å². The summed E-state index contributed by atoms with van der Waals surface area (Å²) in [5.74, 6) is -1.29. The number of hydrogen-bond acceptors (Lipinski definition) is 9. The molecule has 1 aromatic carbocycles. The summed E-state index contributed by atoms with van der Waals surface area (Å²) in [6, 6.07) is 3.38. The number of alkyl halides is 1. The Morgan fingerprint density at radius 2 is 1.92 bits per heavy atom. The van der Waals surface area contributed by atoms with Gasteiger partial charge in [0.15, 0.2) is 5.82 Å². The van der Waals surface area contributed by atoms with E-state index in [0.717, 1.165) is 6.20 Å². The topological polar surface area (TPSA) is 163 Å². The number of carbonyl (C=O) groups is 3. The molecule has 12 nitrogen and oxygen atoms in total. The van der Waals surface area contributed by atoms with Gasteiger partial charge in [0.25, 0.3) is 17.7 Å². The lowest BCUT2D eigenvalue weighted by molar-refractivity contribution is -0.111. The number of ether oxygens (including phenoxy) is 1. The quantitative estimate of drug-likeness (QED) is 0.352. The number of rotatable bonds is 8. The number of anilines is 2. The van der Waals surface area contributed by atoms with Gasteiger partial charge in [0, 0.05) is 50.8 Å². The van der Waals surface area contributed by atoms with Crippen LogP contribution in [0.1, 0.15) is 46.0 Å². The third-order valence-electron chi connectivity index (χ3n) is 6.64. The van der Waals surface area contributed by atoms with Gasteiger partial charge in [-0.3, -0.25) is 14.4 Å². The van der Waals surface area contributed by atoms with E-state index in [1.165, 1.54) is 38.2 Å². The van der Waals surface area contributed by atoms with Crippen molar-refractivity contribution in [1.29, 1.82) is 0 Å². The van der Waals surface area contributed by atoms with Gasteiger partial charge in [0.2, 0.25) is 0 Å². The van der Waals surface area contributed by atoms with Crippen LogP contribution in [0, 0.1) is 0 Å². The number of morpholine rings is 1. The number of aliphatic hydroxyl groups is 1. The molecule has 0 spiro atoms. The second kappa shape index (κ2) is 11.3. The van der Waals surface area contributed by atoms with Crippen LogP contribution in [-0.4, -0.2) is 89.4 Å². The first kappa shape index (κ1) is 27.9. The minimum absolute atomic E-state index is 0.0185. The summed E-state index contributed by atoms with van der Waals surface area (Å²) in [6.45, 7) is 4.58. The summed E-state index contributed by atoms with van der Waals surface area (Å²) in [5, 5.41) is 15.3. The van der Waals surface area contributed by atoms with Crippen molar-refractivity contribution in [1.82, 2.24) is 20.2 Å². The molecule has 0 saturated carbocycles. The van der Waals surface area contributed by atoms with E-state index in [2.05, 4.69) is 20.6 Å². The summed E-state index contributed by atoms with van der Waals surface area (Å²) >= 11 is 0. The number of hydrogen-bond donors (Lipinski definition) is 4. The highest BCUT2D eigenvalue weighted by molar-refractivity contribution is 6.25. The fraction of sp³-hybridized carbons (Fsp3) is 0.423. The monoisotopic (exact) mass is 541 g/mol. The van der Waals surface area contributed by atoms with Crippen molar-refractivity contribution in [2.45, 2.75) is 32.2 Å². The summed E-state index contributed by atoms with van der Waals surface area (Å²) < 4.78 is 20.0. The smallest absolute Gasteiger partial charge is 0.261 e. The molecule has 1 saturated heterocycles. The number of amides is 3. The Labute approximate surface area is 225 Å². The van der Waals surface area contributed by atoms with Crippen molar-refractivity contribution in [3.05, 3.63) is 53.2 Å². The molecule has 208 valence electrons. The molecule has 0 radical (unpaired) electrons. The molecule has 39 heavy (non-hydrogen) atoms. The lowest BCUT2D eigenvalue weighted by atomic mass is 10.0. The van der Waals surface area contributed by atoms with E-state index in [9.17, 15) is 23.9 Å². The second-order valence-corrected chi connectivity index (χ2v) is 9.84. The van der Waals surface area contributed by atoms with E-state index in [4.69, 9.17) is 10.5 Å². The average molecular weight is 542 g/mol. The van der Waals surface area contributed by atoms with Gasteiger partial charge < -0.3 is 36.0 Å². The van der Waals surface area contributed by atoms with E-state index in [-0.39, 0.29) is 41.9 Å². The van der Waals surface area contributed by atoms with Crippen LogP contribution in [0.3, 0.4) is 0 Å². The predicted octanol–water partition coefficient (Wildman–Crippen LogP) is 0.676. The van der Waals surface area contributed by atoms with Gasteiger partial charge in [-0.1, -0.05) is 0 Å². The molecular formula is C26H32FN7O5. The van der Waals surface area contributed by atoms with Gasteiger partial charge in [-0.05, 0) is 31.5 Å². The molecule has 13 heteroatoms. The van der Waals surface area contributed by atoms with Crippen molar-refractivity contribution >= 4 is 34.7 Å². The third-order valence-corrected chi connectivity index (χ3v) is 6.64. The van der Waals surface area contributed by atoms with E-state index in [1.807, 2.05) is 4.90 Å². The minimum atomic E-state index is -1.64. The lowest BCUT2D eigenvalue weighted by Crippen LogP contribution is -2.42. The summed E-state index contributed by atoms with van der Waals surface area (Å²) in [4.78, 5) is 49.8. The number of nitrogens with two attached hydrogens (primary N) is 1. The van der Waals surface area contributed by atoms with Crippen LogP contribution in [0.25, 0.3) is 5.57 Å². The molecule has 3 amide bonds. The Balaban J connectivity index is 1.63. The molecule has 3 heterocycles. The number of fused-ring (bicyclic) bond motifs is 1. The van der Waals surface area contributed by atoms with E-state index in [0.29, 0.717) is 48.8 Å². The van der Waals surface area contributed by atoms with Gasteiger partial charge in [-0.2, -0.15) is 0 Å². The summed E-state index contributed by atoms with van der Waals surface area (Å²) in [7, 11) is 1.48. The Hall–Kier alpha value is -4.10. The third kappa shape index (κ3) is 5.99. The zero-order valence-corrected chi connectivity index (χ0v) is 22.0. The first-order valence-electron chi connectivity index (χ1n) is 12.5. The molecule has 1 atom stereocenters. The van der Waals surface area contributed by atoms with Gasteiger partial charge in [0.05, 0.1) is 47.9 Å².